The van der Waals surface area contributed by atoms with Gasteiger partial charge in [0.2, 0.25) is 5.91 Å². The summed E-state index contributed by atoms with van der Waals surface area (Å²) >= 11 is 0. The molecule has 0 aliphatic carbocycles. The minimum absolute atomic E-state index is 0.0115. The van der Waals surface area contributed by atoms with Crippen LogP contribution in [0.3, 0.4) is 0 Å². The topological polar surface area (TPSA) is 95.9 Å². The lowest BCUT2D eigenvalue weighted by Gasteiger charge is -2.22. The maximum atomic E-state index is 12.5. The summed E-state index contributed by atoms with van der Waals surface area (Å²) < 4.78 is 5.50. The molecular weight excluding hydrogens is 875 g/mol. The molecule has 0 rings (SSSR count). The van der Waals surface area contributed by atoms with Crippen molar-refractivity contribution in [3.63, 3.8) is 0 Å². The number of esters is 1. The third-order valence-electron chi connectivity index (χ3n) is 15.3. The second-order valence-electron chi connectivity index (χ2n) is 22.5. The summed E-state index contributed by atoms with van der Waals surface area (Å²) in [4.78, 5) is 24.6. The summed E-state index contributed by atoms with van der Waals surface area (Å²) in [5.74, 6) is -0.0290. The minimum Gasteiger partial charge on any atom is -0.466 e. The van der Waals surface area contributed by atoms with Crippen LogP contribution in [-0.4, -0.2) is 47.4 Å². The number of unbranched alkanes of at least 4 members (excludes halogenated alkanes) is 48. The Labute approximate surface area is 444 Å². The Balaban J connectivity index is 3.40. The van der Waals surface area contributed by atoms with Gasteiger partial charge in [-0.3, -0.25) is 9.59 Å². The fourth-order valence-corrected chi connectivity index (χ4v) is 10.3. The van der Waals surface area contributed by atoms with Crippen molar-refractivity contribution in [1.82, 2.24) is 5.32 Å². The number of allylic oxidation sites excluding steroid dienone is 2. The van der Waals surface area contributed by atoms with Crippen LogP contribution in [0.2, 0.25) is 0 Å². The maximum Gasteiger partial charge on any atom is 0.305 e. The van der Waals surface area contributed by atoms with Gasteiger partial charge in [0.25, 0.3) is 0 Å². The molecule has 2 unspecified atom stereocenters. The molecule has 0 aromatic carbocycles. The number of nitrogens with one attached hydrogen (secondary N) is 1. The van der Waals surface area contributed by atoms with Crippen LogP contribution in [-0.2, 0) is 14.3 Å². The van der Waals surface area contributed by atoms with Crippen LogP contribution >= 0.6 is 0 Å². The highest BCUT2D eigenvalue weighted by atomic mass is 16.5. The third kappa shape index (κ3) is 57.7. The molecule has 0 saturated heterocycles. The molecule has 2 atom stereocenters. The number of aliphatic hydroxyl groups excluding tert-OH is 2. The van der Waals surface area contributed by atoms with E-state index >= 15 is 0 Å². The first-order chi connectivity index (χ1) is 35.0. The van der Waals surface area contributed by atoms with Crippen molar-refractivity contribution < 1.29 is 24.5 Å². The third-order valence-corrected chi connectivity index (χ3v) is 15.3. The van der Waals surface area contributed by atoms with E-state index in [1.807, 2.05) is 0 Å². The van der Waals surface area contributed by atoms with Gasteiger partial charge >= 0.3 is 5.97 Å². The standard InChI is InChI=1S/C65H127NO5/c1-3-5-7-9-11-13-15-17-19-21-27-31-35-39-43-47-51-55-59-65(70)71-60-56-52-48-44-40-36-32-28-25-23-22-24-26-30-34-38-42-46-50-54-58-64(69)66-62(61-67)63(68)57-53-49-45-41-37-33-29-20-18-16-14-12-10-8-6-4-2/h22,24,62-63,67-68H,3-21,23,25-61H2,1-2H3,(H,66,69)/b24-22-. The average molecular weight is 1000 g/mol. The van der Waals surface area contributed by atoms with E-state index < -0.39 is 12.1 Å². The molecule has 1 amide bonds. The van der Waals surface area contributed by atoms with Crippen LogP contribution in [0.15, 0.2) is 12.2 Å². The predicted octanol–water partition coefficient (Wildman–Crippen LogP) is 20.4. The number of hydrogen-bond donors (Lipinski definition) is 3. The number of aliphatic hydroxyl groups is 2. The molecule has 71 heavy (non-hydrogen) atoms. The SMILES string of the molecule is CCCCCCCCCCCCCCCCCCCCC(=O)OCCCCCCCCCCC/C=C\CCCCCCCCCC(=O)NC(CO)C(O)CCCCCCCCCCCCCCCCCC. The van der Waals surface area contributed by atoms with E-state index in [0.29, 0.717) is 25.9 Å². The molecular formula is C65H127NO5. The van der Waals surface area contributed by atoms with E-state index in [9.17, 15) is 19.8 Å². The summed E-state index contributed by atoms with van der Waals surface area (Å²) in [6.07, 6.45) is 73.7. The van der Waals surface area contributed by atoms with Crippen molar-refractivity contribution in [3.05, 3.63) is 12.2 Å². The number of carbonyl (C=O) groups excluding carboxylic acids is 2. The second-order valence-corrected chi connectivity index (χ2v) is 22.5. The summed E-state index contributed by atoms with van der Waals surface area (Å²) in [6, 6.07) is -0.547. The Morgan fingerprint density at radius 3 is 1.00 bits per heavy atom. The molecule has 0 aromatic rings. The highest BCUT2D eigenvalue weighted by Crippen LogP contribution is 2.18. The van der Waals surface area contributed by atoms with Crippen molar-refractivity contribution in [2.24, 2.45) is 0 Å². The molecule has 0 bridgehead atoms. The van der Waals surface area contributed by atoms with Crippen LogP contribution in [0.5, 0.6) is 0 Å². The van der Waals surface area contributed by atoms with Gasteiger partial charge in [0.15, 0.2) is 0 Å². The molecule has 0 aromatic heterocycles. The van der Waals surface area contributed by atoms with E-state index in [1.54, 1.807) is 0 Å². The van der Waals surface area contributed by atoms with Gasteiger partial charge in [-0.15, -0.1) is 0 Å². The molecule has 0 fully saturated rings. The maximum absolute atomic E-state index is 12.5. The smallest absolute Gasteiger partial charge is 0.305 e. The van der Waals surface area contributed by atoms with Crippen LogP contribution in [0, 0.1) is 0 Å². The first kappa shape index (κ1) is 69.6. The summed E-state index contributed by atoms with van der Waals surface area (Å²) in [5, 5.41) is 23.3. The molecule has 0 radical (unpaired) electrons. The van der Waals surface area contributed by atoms with Crippen LogP contribution in [0.1, 0.15) is 367 Å². The Hall–Kier alpha value is -1.40. The van der Waals surface area contributed by atoms with Crippen LogP contribution in [0.25, 0.3) is 0 Å². The molecule has 0 saturated carbocycles. The predicted molar refractivity (Wildman–Crippen MR) is 310 cm³/mol. The monoisotopic (exact) mass is 1000 g/mol. The lowest BCUT2D eigenvalue weighted by atomic mass is 10.0. The largest absolute Gasteiger partial charge is 0.466 e. The Bertz CT molecular complexity index is 1060. The zero-order valence-electron chi connectivity index (χ0n) is 48.2. The molecule has 0 aliphatic rings. The molecule has 6 heteroatoms. The minimum atomic E-state index is -0.669. The second kappa shape index (κ2) is 61.1. The highest BCUT2D eigenvalue weighted by Gasteiger charge is 2.20. The lowest BCUT2D eigenvalue weighted by molar-refractivity contribution is -0.143. The molecule has 0 heterocycles. The van der Waals surface area contributed by atoms with Crippen LogP contribution in [0.4, 0.5) is 0 Å². The number of rotatable bonds is 61. The zero-order valence-corrected chi connectivity index (χ0v) is 48.2. The summed E-state index contributed by atoms with van der Waals surface area (Å²) in [7, 11) is 0. The normalized spacial score (nSPS) is 12.6. The van der Waals surface area contributed by atoms with Gasteiger partial charge in [-0.1, -0.05) is 315 Å². The Kier molecular flexibility index (Phi) is 59.9. The molecule has 0 spiro atoms. The van der Waals surface area contributed by atoms with Gasteiger partial charge in [-0.25, -0.2) is 0 Å². The highest BCUT2D eigenvalue weighted by molar-refractivity contribution is 5.76. The number of amides is 1. The van der Waals surface area contributed by atoms with Crippen molar-refractivity contribution in [2.45, 2.75) is 379 Å². The quantitative estimate of drug-likeness (QED) is 0.0320. The van der Waals surface area contributed by atoms with Crippen LogP contribution < -0.4 is 5.32 Å². The fraction of sp³-hybridized carbons (Fsp3) is 0.938. The van der Waals surface area contributed by atoms with Gasteiger partial charge < -0.3 is 20.3 Å². The average Bonchev–Trinajstić information content (AvgIpc) is 3.37. The summed E-state index contributed by atoms with van der Waals surface area (Å²) in [6.45, 7) is 4.98. The first-order valence-electron chi connectivity index (χ1n) is 32.4. The van der Waals surface area contributed by atoms with Gasteiger partial charge in [-0.05, 0) is 51.4 Å². The van der Waals surface area contributed by atoms with E-state index in [-0.39, 0.29) is 18.5 Å². The number of carbonyl (C=O) groups is 2. The first-order valence-corrected chi connectivity index (χ1v) is 32.4. The molecule has 422 valence electrons. The lowest BCUT2D eigenvalue weighted by Crippen LogP contribution is -2.45. The van der Waals surface area contributed by atoms with Gasteiger partial charge in [0.1, 0.15) is 0 Å². The van der Waals surface area contributed by atoms with Crippen molar-refractivity contribution in [3.8, 4) is 0 Å². The van der Waals surface area contributed by atoms with Gasteiger partial charge in [-0.2, -0.15) is 0 Å². The fourth-order valence-electron chi connectivity index (χ4n) is 10.3. The van der Waals surface area contributed by atoms with Crippen molar-refractivity contribution in [1.29, 1.82) is 0 Å². The Morgan fingerprint density at radius 2 is 0.662 bits per heavy atom. The molecule has 3 N–H and O–H groups in total. The number of ether oxygens (including phenoxy) is 1. The summed E-state index contributed by atoms with van der Waals surface area (Å²) in [5.41, 5.74) is 0. The van der Waals surface area contributed by atoms with E-state index in [2.05, 4.69) is 31.3 Å². The van der Waals surface area contributed by atoms with Gasteiger partial charge in [0, 0.05) is 12.8 Å². The van der Waals surface area contributed by atoms with E-state index in [4.69, 9.17) is 4.74 Å². The number of hydrogen-bond acceptors (Lipinski definition) is 5. The van der Waals surface area contributed by atoms with E-state index in [1.165, 1.54) is 295 Å². The zero-order chi connectivity index (χ0) is 51.4. The van der Waals surface area contributed by atoms with Crippen molar-refractivity contribution >= 4 is 11.9 Å². The van der Waals surface area contributed by atoms with Gasteiger partial charge in [0.05, 0.1) is 25.4 Å². The molecule has 0 aliphatic heterocycles. The van der Waals surface area contributed by atoms with Crippen molar-refractivity contribution in [2.75, 3.05) is 13.2 Å². The molecule has 6 nitrogen and oxygen atoms in total. The van der Waals surface area contributed by atoms with E-state index in [0.717, 1.165) is 38.5 Å². The Morgan fingerprint density at radius 1 is 0.380 bits per heavy atom.